The van der Waals surface area contributed by atoms with Crippen molar-refractivity contribution in [1.82, 2.24) is 0 Å². The number of halogens is 1. The molecule has 106 valence electrons. The fraction of sp³-hybridized carbons (Fsp3) is 0. The molecule has 3 aromatic rings. The van der Waals surface area contributed by atoms with Crippen molar-refractivity contribution in [3.05, 3.63) is 77.3 Å². The number of fused-ring (bicyclic) bond motifs is 1. The van der Waals surface area contributed by atoms with Crippen LogP contribution in [0.3, 0.4) is 0 Å². The van der Waals surface area contributed by atoms with Crippen LogP contribution in [-0.4, -0.2) is 8.42 Å². The van der Waals surface area contributed by atoms with E-state index in [9.17, 15) is 12.8 Å². The van der Waals surface area contributed by atoms with Gasteiger partial charge in [0, 0.05) is 0 Å². The van der Waals surface area contributed by atoms with Gasteiger partial charge in [0.25, 0.3) is 0 Å². The molecule has 0 fully saturated rings. The first-order valence-corrected chi connectivity index (χ1v) is 7.71. The molecule has 0 amide bonds. The summed E-state index contributed by atoms with van der Waals surface area (Å²) in [7, 11) is -3.84. The summed E-state index contributed by atoms with van der Waals surface area (Å²) in [6, 6.07) is 17.4. The van der Waals surface area contributed by atoms with Gasteiger partial charge in [0.05, 0.1) is 4.90 Å². The van der Waals surface area contributed by atoms with Crippen LogP contribution in [0, 0.1) is 5.82 Å². The molecule has 0 saturated heterocycles. The molecule has 0 heterocycles. The topological polar surface area (TPSA) is 48.2 Å². The lowest BCUT2D eigenvalue weighted by atomic mass is 10.1. The van der Waals surface area contributed by atoms with E-state index in [1.807, 2.05) is 30.3 Å². The minimum atomic E-state index is -3.84. The van der Waals surface area contributed by atoms with Crippen LogP contribution in [0.4, 0.5) is 10.1 Å². The van der Waals surface area contributed by atoms with E-state index in [0.29, 0.717) is 5.69 Å². The number of hydrogen-bond donors (Lipinski definition) is 0. The fourth-order valence-electron chi connectivity index (χ4n) is 2.03. The summed E-state index contributed by atoms with van der Waals surface area (Å²) in [4.78, 5) is -0.0305. The Morgan fingerprint density at radius 2 is 1.48 bits per heavy atom. The molecule has 3 aromatic carbocycles. The maximum Gasteiger partial charge on any atom is 0.123 e. The number of nitrogens with zero attached hydrogens (tertiary/aromatic N) is 1. The van der Waals surface area contributed by atoms with Gasteiger partial charge in [0.2, 0.25) is 0 Å². The zero-order valence-electron chi connectivity index (χ0n) is 10.9. The van der Waals surface area contributed by atoms with E-state index in [1.165, 1.54) is 12.1 Å². The first-order valence-electron chi connectivity index (χ1n) is 6.27. The van der Waals surface area contributed by atoms with Gasteiger partial charge < -0.3 is 4.72 Å². The van der Waals surface area contributed by atoms with E-state index in [1.54, 1.807) is 12.1 Å². The second-order valence-electron chi connectivity index (χ2n) is 4.55. The van der Waals surface area contributed by atoms with Crippen molar-refractivity contribution >= 4 is 26.5 Å². The summed E-state index contributed by atoms with van der Waals surface area (Å²) in [6.07, 6.45) is 0. The summed E-state index contributed by atoms with van der Waals surface area (Å²) in [5.74, 6) is -0.486. The van der Waals surface area contributed by atoms with Crippen LogP contribution in [0.5, 0.6) is 0 Å². The minimum Gasteiger partial charge on any atom is -0.573 e. The van der Waals surface area contributed by atoms with Gasteiger partial charge in [-0.2, -0.15) is 0 Å². The number of sulfonamides is 1. The molecule has 5 heteroatoms. The number of rotatable bonds is 3. The number of benzene rings is 3. The Morgan fingerprint density at radius 1 is 0.810 bits per heavy atom. The molecule has 0 aliphatic rings. The standard InChI is InChI=1S/C16H11FNO2S/c17-14-6-9-16(10-7-14)21(19,20)18-15-8-5-12-3-1-2-4-13(12)11-15/h1-11H/q-1. The van der Waals surface area contributed by atoms with Crippen molar-refractivity contribution in [2.24, 2.45) is 0 Å². The molecule has 0 aliphatic carbocycles. The normalized spacial score (nSPS) is 11.5. The quantitative estimate of drug-likeness (QED) is 0.721. The highest BCUT2D eigenvalue weighted by atomic mass is 32.2. The fourth-order valence-corrected chi connectivity index (χ4v) is 3.01. The second-order valence-corrected chi connectivity index (χ2v) is 6.16. The van der Waals surface area contributed by atoms with Gasteiger partial charge >= 0.3 is 0 Å². The summed E-state index contributed by atoms with van der Waals surface area (Å²) in [5, 5.41) is 1.92. The Bertz CT molecular complexity index is 890. The first-order chi connectivity index (χ1) is 10.0. The van der Waals surface area contributed by atoms with E-state index < -0.39 is 15.8 Å². The van der Waals surface area contributed by atoms with E-state index >= 15 is 0 Å². The highest BCUT2D eigenvalue weighted by Crippen LogP contribution is 2.30. The zero-order valence-corrected chi connectivity index (χ0v) is 11.7. The lowest BCUT2D eigenvalue weighted by Crippen LogP contribution is -1.97. The second kappa shape index (κ2) is 5.18. The third-order valence-corrected chi connectivity index (χ3v) is 4.39. The lowest BCUT2D eigenvalue weighted by Gasteiger charge is -2.22. The van der Waals surface area contributed by atoms with Crippen molar-refractivity contribution in [2.45, 2.75) is 4.90 Å². The molecular formula is C16H11FNO2S-. The highest BCUT2D eigenvalue weighted by Gasteiger charge is 2.05. The van der Waals surface area contributed by atoms with Gasteiger partial charge in [0.1, 0.15) is 15.8 Å². The Hall–Kier alpha value is -2.40. The van der Waals surface area contributed by atoms with Crippen LogP contribution in [0.1, 0.15) is 0 Å². The summed E-state index contributed by atoms with van der Waals surface area (Å²) in [5.41, 5.74) is 0.345. The molecule has 21 heavy (non-hydrogen) atoms. The van der Waals surface area contributed by atoms with Gasteiger partial charge in [0.15, 0.2) is 0 Å². The Kier molecular flexibility index (Phi) is 3.35. The molecule has 0 atom stereocenters. The highest BCUT2D eigenvalue weighted by molar-refractivity contribution is 7.94. The maximum absolute atomic E-state index is 12.9. The molecular weight excluding hydrogens is 289 g/mol. The van der Waals surface area contributed by atoms with Gasteiger partial charge in [-0.3, -0.25) is 0 Å². The van der Waals surface area contributed by atoms with Crippen LogP contribution in [0.2, 0.25) is 0 Å². The van der Waals surface area contributed by atoms with Crippen LogP contribution < -0.4 is 0 Å². The Morgan fingerprint density at radius 3 is 2.19 bits per heavy atom. The zero-order chi connectivity index (χ0) is 14.9. The Labute approximate surface area is 122 Å². The van der Waals surface area contributed by atoms with Gasteiger partial charge in [-0.1, -0.05) is 42.5 Å². The van der Waals surface area contributed by atoms with Crippen molar-refractivity contribution < 1.29 is 12.8 Å². The van der Waals surface area contributed by atoms with E-state index in [2.05, 4.69) is 4.72 Å². The van der Waals surface area contributed by atoms with Crippen molar-refractivity contribution in [3.8, 4) is 0 Å². The number of hydrogen-bond acceptors (Lipinski definition) is 2. The molecule has 0 unspecified atom stereocenters. The van der Waals surface area contributed by atoms with Crippen molar-refractivity contribution in [1.29, 1.82) is 0 Å². The van der Waals surface area contributed by atoms with Crippen molar-refractivity contribution in [3.63, 3.8) is 0 Å². The molecule has 0 aliphatic heterocycles. The van der Waals surface area contributed by atoms with E-state index in [4.69, 9.17) is 0 Å². The molecule has 0 N–H and O–H groups in total. The summed E-state index contributed by atoms with van der Waals surface area (Å²) < 4.78 is 41.0. The average molecular weight is 300 g/mol. The predicted octanol–water partition coefficient (Wildman–Crippen LogP) is 4.37. The molecule has 0 spiro atoms. The largest absolute Gasteiger partial charge is 0.573 e. The van der Waals surface area contributed by atoms with Crippen LogP contribution >= 0.6 is 0 Å². The third kappa shape index (κ3) is 2.87. The van der Waals surface area contributed by atoms with Crippen LogP contribution in [0.15, 0.2) is 71.6 Å². The van der Waals surface area contributed by atoms with Crippen LogP contribution in [-0.2, 0) is 10.0 Å². The smallest absolute Gasteiger partial charge is 0.123 e. The molecule has 3 nitrogen and oxygen atoms in total. The Balaban J connectivity index is 1.95. The van der Waals surface area contributed by atoms with Crippen molar-refractivity contribution in [2.75, 3.05) is 0 Å². The van der Waals surface area contributed by atoms with Crippen LogP contribution in [0.25, 0.3) is 15.5 Å². The predicted molar refractivity (Wildman–Crippen MR) is 80.6 cm³/mol. The van der Waals surface area contributed by atoms with E-state index in [0.717, 1.165) is 22.9 Å². The average Bonchev–Trinajstić information content (AvgIpc) is 2.47. The molecule has 0 saturated carbocycles. The summed E-state index contributed by atoms with van der Waals surface area (Å²) in [6.45, 7) is 0. The minimum absolute atomic E-state index is 0.0305. The molecule has 3 rings (SSSR count). The van der Waals surface area contributed by atoms with Gasteiger partial charge in [-0.15, -0.1) is 5.69 Å². The maximum atomic E-state index is 12.9. The molecule has 0 aromatic heterocycles. The van der Waals surface area contributed by atoms with Gasteiger partial charge in [-0.05, 0) is 35.0 Å². The first kappa shape index (κ1) is 13.6. The SMILES string of the molecule is O=S(=O)([N-]c1ccc2ccccc2c1)c1ccc(F)cc1. The third-order valence-electron chi connectivity index (χ3n) is 3.07. The summed E-state index contributed by atoms with van der Waals surface area (Å²) >= 11 is 0. The monoisotopic (exact) mass is 300 g/mol. The molecule has 0 radical (unpaired) electrons. The van der Waals surface area contributed by atoms with Gasteiger partial charge in [-0.25, -0.2) is 12.8 Å². The molecule has 0 bridgehead atoms. The van der Waals surface area contributed by atoms with E-state index in [-0.39, 0.29) is 4.90 Å². The lowest BCUT2D eigenvalue weighted by molar-refractivity contribution is 0.601.